The summed E-state index contributed by atoms with van der Waals surface area (Å²) in [6, 6.07) is 1.91. The molecule has 0 saturated heterocycles. The molecule has 0 amide bonds. The van der Waals surface area contributed by atoms with E-state index in [0.717, 1.165) is 25.0 Å². The van der Waals surface area contributed by atoms with E-state index in [1.165, 1.54) is 0 Å². The topological polar surface area (TPSA) is 38.0 Å². The molecule has 13 heavy (non-hydrogen) atoms. The third kappa shape index (κ3) is 1.48. The predicted molar refractivity (Wildman–Crippen MR) is 50.1 cm³/mol. The summed E-state index contributed by atoms with van der Waals surface area (Å²) in [4.78, 5) is 0. The molecule has 1 aliphatic rings. The zero-order chi connectivity index (χ0) is 9.47. The smallest absolute Gasteiger partial charge is 0.109 e. The van der Waals surface area contributed by atoms with E-state index in [2.05, 4.69) is 12.0 Å². The van der Waals surface area contributed by atoms with Gasteiger partial charge in [-0.25, -0.2) is 0 Å². The second-order valence-electron chi connectivity index (χ2n) is 4.25. The monoisotopic (exact) mass is 180 g/mol. The normalized spacial score (nSPS) is 33.9. The maximum atomic E-state index is 10.3. The lowest BCUT2D eigenvalue weighted by Gasteiger charge is -2.19. The van der Waals surface area contributed by atoms with Crippen LogP contribution in [0.15, 0.2) is 12.3 Å². The van der Waals surface area contributed by atoms with Crippen molar-refractivity contribution in [2.75, 3.05) is 0 Å². The van der Waals surface area contributed by atoms with Crippen molar-refractivity contribution < 1.29 is 5.11 Å². The standard InChI is InChI=1S/C10H16N2O/c1-8-3-5-10(13,7-8)9-4-6-12(2)11-9/h4,6,8,13H,3,5,7H2,1-2H3. The van der Waals surface area contributed by atoms with Crippen LogP contribution in [-0.2, 0) is 12.6 Å². The summed E-state index contributed by atoms with van der Waals surface area (Å²) in [6.07, 6.45) is 4.69. The molecule has 1 N–H and O–H groups in total. The van der Waals surface area contributed by atoms with Crippen LogP contribution in [-0.4, -0.2) is 14.9 Å². The molecule has 2 unspecified atom stereocenters. The molecule has 72 valence electrons. The van der Waals surface area contributed by atoms with Crippen LogP contribution in [0.1, 0.15) is 31.9 Å². The largest absolute Gasteiger partial charge is 0.383 e. The van der Waals surface area contributed by atoms with Crippen molar-refractivity contribution in [3.05, 3.63) is 18.0 Å². The average Bonchev–Trinajstić information content (AvgIpc) is 2.60. The van der Waals surface area contributed by atoms with Crippen molar-refractivity contribution in [2.45, 2.75) is 31.8 Å². The van der Waals surface area contributed by atoms with Crippen LogP contribution in [0.25, 0.3) is 0 Å². The molecule has 1 aromatic heterocycles. The molecule has 0 radical (unpaired) electrons. The zero-order valence-electron chi connectivity index (χ0n) is 8.20. The van der Waals surface area contributed by atoms with Crippen LogP contribution < -0.4 is 0 Å². The predicted octanol–water partition coefficient (Wildman–Crippen LogP) is 1.43. The molecule has 1 saturated carbocycles. The molecule has 0 spiro atoms. The Kier molecular flexibility index (Phi) is 1.91. The number of aryl methyl sites for hydroxylation is 1. The maximum absolute atomic E-state index is 10.3. The Bertz CT molecular complexity index is 308. The van der Waals surface area contributed by atoms with Gasteiger partial charge in [0.05, 0.1) is 5.69 Å². The highest BCUT2D eigenvalue weighted by molar-refractivity contribution is 5.12. The maximum Gasteiger partial charge on any atom is 0.109 e. The van der Waals surface area contributed by atoms with Gasteiger partial charge in [-0.05, 0) is 31.2 Å². The van der Waals surface area contributed by atoms with Gasteiger partial charge in [0.2, 0.25) is 0 Å². The number of hydrogen-bond acceptors (Lipinski definition) is 2. The summed E-state index contributed by atoms with van der Waals surface area (Å²) < 4.78 is 1.75. The molecule has 0 aliphatic heterocycles. The van der Waals surface area contributed by atoms with Gasteiger partial charge in [-0.2, -0.15) is 5.10 Å². The van der Waals surface area contributed by atoms with E-state index in [9.17, 15) is 5.11 Å². The Hall–Kier alpha value is -0.830. The summed E-state index contributed by atoms with van der Waals surface area (Å²) >= 11 is 0. The van der Waals surface area contributed by atoms with Crippen molar-refractivity contribution >= 4 is 0 Å². The first-order valence-electron chi connectivity index (χ1n) is 4.83. The molecule has 1 heterocycles. The fourth-order valence-corrected chi connectivity index (χ4v) is 2.16. The van der Waals surface area contributed by atoms with E-state index in [1.54, 1.807) is 4.68 Å². The van der Waals surface area contributed by atoms with Crippen molar-refractivity contribution in [3.8, 4) is 0 Å². The van der Waals surface area contributed by atoms with E-state index < -0.39 is 5.60 Å². The van der Waals surface area contributed by atoms with Crippen LogP contribution in [0.5, 0.6) is 0 Å². The fourth-order valence-electron chi connectivity index (χ4n) is 2.16. The molecule has 2 rings (SSSR count). The van der Waals surface area contributed by atoms with Crippen molar-refractivity contribution in [1.82, 2.24) is 9.78 Å². The zero-order valence-corrected chi connectivity index (χ0v) is 8.20. The fraction of sp³-hybridized carbons (Fsp3) is 0.700. The molecular weight excluding hydrogens is 164 g/mol. The highest BCUT2D eigenvalue weighted by Crippen LogP contribution is 2.40. The molecule has 0 aromatic carbocycles. The number of aromatic nitrogens is 2. The van der Waals surface area contributed by atoms with E-state index in [1.807, 2.05) is 19.3 Å². The molecule has 3 nitrogen and oxygen atoms in total. The summed E-state index contributed by atoms with van der Waals surface area (Å²) in [5.41, 5.74) is 0.181. The van der Waals surface area contributed by atoms with Crippen molar-refractivity contribution in [3.63, 3.8) is 0 Å². The quantitative estimate of drug-likeness (QED) is 0.710. The highest BCUT2D eigenvalue weighted by Gasteiger charge is 2.38. The van der Waals surface area contributed by atoms with Crippen LogP contribution in [0, 0.1) is 5.92 Å². The second kappa shape index (κ2) is 2.84. The van der Waals surface area contributed by atoms with Gasteiger partial charge in [-0.3, -0.25) is 4.68 Å². The van der Waals surface area contributed by atoms with Gasteiger partial charge in [-0.15, -0.1) is 0 Å². The van der Waals surface area contributed by atoms with Gasteiger partial charge in [0.1, 0.15) is 5.60 Å². The lowest BCUT2D eigenvalue weighted by atomic mass is 9.97. The number of rotatable bonds is 1. The molecule has 0 bridgehead atoms. The Morgan fingerprint density at radius 2 is 2.46 bits per heavy atom. The Morgan fingerprint density at radius 3 is 2.92 bits per heavy atom. The number of nitrogens with zero attached hydrogens (tertiary/aromatic N) is 2. The highest BCUT2D eigenvalue weighted by atomic mass is 16.3. The molecule has 3 heteroatoms. The van der Waals surface area contributed by atoms with Crippen LogP contribution in [0.4, 0.5) is 0 Å². The minimum Gasteiger partial charge on any atom is -0.383 e. The summed E-state index contributed by atoms with van der Waals surface area (Å²) in [5.74, 6) is 0.618. The average molecular weight is 180 g/mol. The van der Waals surface area contributed by atoms with Crippen LogP contribution >= 0.6 is 0 Å². The summed E-state index contributed by atoms with van der Waals surface area (Å²) in [7, 11) is 1.88. The summed E-state index contributed by atoms with van der Waals surface area (Å²) in [6.45, 7) is 2.18. The van der Waals surface area contributed by atoms with Gasteiger partial charge >= 0.3 is 0 Å². The van der Waals surface area contributed by atoms with E-state index in [0.29, 0.717) is 5.92 Å². The van der Waals surface area contributed by atoms with Crippen molar-refractivity contribution in [1.29, 1.82) is 0 Å². The SMILES string of the molecule is CC1CCC(O)(c2ccn(C)n2)C1. The van der Waals surface area contributed by atoms with Gasteiger partial charge in [-0.1, -0.05) is 6.92 Å². The second-order valence-corrected chi connectivity index (χ2v) is 4.25. The van der Waals surface area contributed by atoms with Crippen LogP contribution in [0.2, 0.25) is 0 Å². The number of hydrogen-bond donors (Lipinski definition) is 1. The first-order chi connectivity index (χ1) is 6.10. The molecular formula is C10H16N2O. The van der Waals surface area contributed by atoms with E-state index in [-0.39, 0.29) is 0 Å². The Balaban J connectivity index is 2.25. The van der Waals surface area contributed by atoms with Crippen molar-refractivity contribution in [2.24, 2.45) is 13.0 Å². The first-order valence-corrected chi connectivity index (χ1v) is 4.83. The Labute approximate surface area is 78.4 Å². The van der Waals surface area contributed by atoms with Crippen LogP contribution in [0.3, 0.4) is 0 Å². The summed E-state index contributed by atoms with van der Waals surface area (Å²) in [5, 5.41) is 14.5. The van der Waals surface area contributed by atoms with E-state index >= 15 is 0 Å². The third-order valence-corrected chi connectivity index (χ3v) is 2.93. The Morgan fingerprint density at radius 1 is 1.69 bits per heavy atom. The minimum atomic E-state index is -0.652. The molecule has 1 aromatic rings. The van der Waals surface area contributed by atoms with E-state index in [4.69, 9.17) is 0 Å². The van der Waals surface area contributed by atoms with Gasteiger partial charge in [0.25, 0.3) is 0 Å². The van der Waals surface area contributed by atoms with Gasteiger partial charge in [0.15, 0.2) is 0 Å². The first kappa shape index (κ1) is 8.75. The van der Waals surface area contributed by atoms with Gasteiger partial charge in [0, 0.05) is 13.2 Å². The molecule has 2 atom stereocenters. The lowest BCUT2D eigenvalue weighted by molar-refractivity contribution is 0.0357. The molecule has 1 fully saturated rings. The number of aliphatic hydroxyl groups is 1. The van der Waals surface area contributed by atoms with Gasteiger partial charge < -0.3 is 5.11 Å². The molecule has 1 aliphatic carbocycles. The third-order valence-electron chi connectivity index (χ3n) is 2.93. The minimum absolute atomic E-state index is 0.618. The lowest BCUT2D eigenvalue weighted by Crippen LogP contribution is -2.22.